The molecule has 156 valence electrons. The van der Waals surface area contributed by atoms with Crippen molar-refractivity contribution in [3.63, 3.8) is 0 Å². The number of benzene rings is 1. The van der Waals surface area contributed by atoms with Crippen LogP contribution >= 0.6 is 0 Å². The van der Waals surface area contributed by atoms with E-state index in [4.69, 9.17) is 9.47 Å². The maximum Gasteiger partial charge on any atom is 0.247 e. The predicted octanol–water partition coefficient (Wildman–Crippen LogP) is 0.951. The van der Waals surface area contributed by atoms with Gasteiger partial charge in [-0.25, -0.2) is 0 Å². The van der Waals surface area contributed by atoms with Gasteiger partial charge in [-0.2, -0.15) is 10.1 Å². The zero-order valence-corrected chi connectivity index (χ0v) is 17.0. The Bertz CT molecular complexity index is 777. The largest absolute Gasteiger partial charge is 0.495 e. The van der Waals surface area contributed by atoms with Gasteiger partial charge >= 0.3 is 0 Å². The van der Waals surface area contributed by atoms with Gasteiger partial charge in [0.15, 0.2) is 5.82 Å². The van der Waals surface area contributed by atoms with Gasteiger partial charge < -0.3 is 24.6 Å². The Balaban J connectivity index is 1.30. The summed E-state index contributed by atoms with van der Waals surface area (Å²) in [6.07, 6.45) is 1.69. The standard InChI is InChI=1S/C20H29N7O2/c1-28-18-5-3-2-4-17(18)26-8-10-27(11-9-26)20-23-19(16-22-24-20)21-6-7-25-12-14-29-15-13-25/h2-5,16H,6-15H2,1H3,(H,21,23,24). The Morgan fingerprint density at radius 2 is 1.79 bits per heavy atom. The first kappa shape index (κ1) is 19.7. The van der Waals surface area contributed by atoms with Crippen molar-refractivity contribution in [1.29, 1.82) is 0 Å². The third kappa shape index (κ3) is 5.04. The number of aromatic nitrogens is 3. The van der Waals surface area contributed by atoms with E-state index in [0.717, 1.165) is 82.8 Å². The summed E-state index contributed by atoms with van der Waals surface area (Å²) in [5, 5.41) is 11.8. The highest BCUT2D eigenvalue weighted by Crippen LogP contribution is 2.28. The third-order valence-corrected chi connectivity index (χ3v) is 5.37. The van der Waals surface area contributed by atoms with E-state index in [1.165, 1.54) is 0 Å². The molecule has 29 heavy (non-hydrogen) atoms. The molecule has 2 fully saturated rings. The maximum absolute atomic E-state index is 5.50. The molecule has 4 rings (SSSR count). The molecule has 0 saturated carbocycles. The Kier molecular flexibility index (Phi) is 6.58. The minimum absolute atomic E-state index is 0.682. The number of hydrogen-bond donors (Lipinski definition) is 1. The number of morpholine rings is 1. The van der Waals surface area contributed by atoms with E-state index in [-0.39, 0.29) is 0 Å². The van der Waals surface area contributed by atoms with Crippen LogP contribution in [0.2, 0.25) is 0 Å². The smallest absolute Gasteiger partial charge is 0.247 e. The van der Waals surface area contributed by atoms with Gasteiger partial charge in [0.05, 0.1) is 32.2 Å². The highest BCUT2D eigenvalue weighted by atomic mass is 16.5. The molecule has 2 aliphatic rings. The number of piperazine rings is 1. The van der Waals surface area contributed by atoms with Crippen LogP contribution in [0.1, 0.15) is 0 Å². The zero-order chi connectivity index (χ0) is 19.9. The molecule has 0 amide bonds. The van der Waals surface area contributed by atoms with Gasteiger partial charge in [0.1, 0.15) is 5.75 Å². The molecule has 9 heteroatoms. The molecule has 2 aliphatic heterocycles. The molecule has 1 aromatic heterocycles. The average Bonchev–Trinajstić information content (AvgIpc) is 2.80. The van der Waals surface area contributed by atoms with Crippen molar-refractivity contribution in [2.75, 3.05) is 87.8 Å². The number of nitrogens with zero attached hydrogens (tertiary/aromatic N) is 6. The second kappa shape index (κ2) is 9.71. The van der Waals surface area contributed by atoms with Gasteiger partial charge in [-0.15, -0.1) is 5.10 Å². The third-order valence-electron chi connectivity index (χ3n) is 5.37. The number of para-hydroxylation sites is 2. The minimum Gasteiger partial charge on any atom is -0.495 e. The minimum atomic E-state index is 0.682. The van der Waals surface area contributed by atoms with Crippen LogP contribution < -0.4 is 19.9 Å². The van der Waals surface area contributed by atoms with Gasteiger partial charge in [-0.05, 0) is 12.1 Å². The molecule has 0 radical (unpaired) electrons. The topological polar surface area (TPSA) is 78.9 Å². The van der Waals surface area contributed by atoms with Gasteiger partial charge in [-0.1, -0.05) is 12.1 Å². The molecular weight excluding hydrogens is 370 g/mol. The number of nitrogens with one attached hydrogen (secondary N) is 1. The van der Waals surface area contributed by atoms with Crippen LogP contribution in [0.5, 0.6) is 5.75 Å². The van der Waals surface area contributed by atoms with Crippen molar-refractivity contribution in [2.24, 2.45) is 0 Å². The van der Waals surface area contributed by atoms with Crippen LogP contribution in [-0.2, 0) is 4.74 Å². The van der Waals surface area contributed by atoms with Crippen LogP contribution in [0, 0.1) is 0 Å². The summed E-state index contributed by atoms with van der Waals surface area (Å²) in [5.41, 5.74) is 1.13. The molecule has 9 nitrogen and oxygen atoms in total. The summed E-state index contributed by atoms with van der Waals surface area (Å²) < 4.78 is 10.9. The van der Waals surface area contributed by atoms with Crippen LogP contribution in [0.25, 0.3) is 0 Å². The maximum atomic E-state index is 5.50. The lowest BCUT2D eigenvalue weighted by molar-refractivity contribution is 0.0398. The molecule has 2 aromatic rings. The summed E-state index contributed by atoms with van der Waals surface area (Å²) in [4.78, 5) is 11.6. The van der Waals surface area contributed by atoms with E-state index < -0.39 is 0 Å². The number of ether oxygens (including phenoxy) is 2. The molecule has 1 N–H and O–H groups in total. The molecule has 2 saturated heterocycles. The Hall–Kier alpha value is -2.65. The highest BCUT2D eigenvalue weighted by molar-refractivity contribution is 5.59. The second-order valence-electron chi connectivity index (χ2n) is 7.17. The van der Waals surface area contributed by atoms with Gasteiger partial charge in [0.2, 0.25) is 5.95 Å². The van der Waals surface area contributed by atoms with Crippen molar-refractivity contribution in [3.8, 4) is 5.75 Å². The summed E-state index contributed by atoms with van der Waals surface area (Å²) in [5.74, 6) is 2.36. The predicted molar refractivity (Wildman–Crippen MR) is 113 cm³/mol. The molecule has 0 atom stereocenters. The highest BCUT2D eigenvalue weighted by Gasteiger charge is 2.21. The molecule has 0 aliphatic carbocycles. The fraction of sp³-hybridized carbons (Fsp3) is 0.550. The van der Waals surface area contributed by atoms with E-state index in [9.17, 15) is 0 Å². The van der Waals surface area contributed by atoms with E-state index in [1.807, 2.05) is 18.2 Å². The van der Waals surface area contributed by atoms with Crippen molar-refractivity contribution < 1.29 is 9.47 Å². The number of rotatable bonds is 7. The molecule has 0 spiro atoms. The van der Waals surface area contributed by atoms with Crippen molar-refractivity contribution in [3.05, 3.63) is 30.5 Å². The number of methoxy groups -OCH3 is 1. The molecule has 1 aromatic carbocycles. The van der Waals surface area contributed by atoms with Gasteiger partial charge in [-0.3, -0.25) is 4.90 Å². The summed E-state index contributed by atoms with van der Waals surface area (Å²) in [6, 6.07) is 8.14. The van der Waals surface area contributed by atoms with Crippen LogP contribution in [0.3, 0.4) is 0 Å². The van der Waals surface area contributed by atoms with E-state index in [1.54, 1.807) is 13.3 Å². The fourth-order valence-electron chi connectivity index (χ4n) is 3.72. The molecule has 0 unspecified atom stereocenters. The van der Waals surface area contributed by atoms with Crippen LogP contribution in [-0.4, -0.2) is 92.8 Å². The fourth-order valence-corrected chi connectivity index (χ4v) is 3.72. The second-order valence-corrected chi connectivity index (χ2v) is 7.17. The SMILES string of the molecule is COc1ccccc1N1CCN(c2nncc(NCCN3CCOCC3)n2)CC1. The Labute approximate surface area is 171 Å². The Morgan fingerprint density at radius 3 is 2.59 bits per heavy atom. The zero-order valence-electron chi connectivity index (χ0n) is 17.0. The molecule has 0 bridgehead atoms. The van der Waals surface area contributed by atoms with Crippen molar-refractivity contribution in [2.45, 2.75) is 0 Å². The lowest BCUT2D eigenvalue weighted by atomic mass is 10.2. The lowest BCUT2D eigenvalue weighted by Gasteiger charge is -2.36. The number of anilines is 3. The first-order valence-corrected chi connectivity index (χ1v) is 10.2. The summed E-state index contributed by atoms with van der Waals surface area (Å²) in [7, 11) is 1.71. The van der Waals surface area contributed by atoms with Gasteiger partial charge in [0.25, 0.3) is 0 Å². The van der Waals surface area contributed by atoms with Crippen LogP contribution in [0.4, 0.5) is 17.5 Å². The van der Waals surface area contributed by atoms with Crippen LogP contribution in [0.15, 0.2) is 30.5 Å². The number of hydrogen-bond acceptors (Lipinski definition) is 9. The van der Waals surface area contributed by atoms with E-state index in [0.29, 0.717) is 5.95 Å². The Morgan fingerprint density at radius 1 is 1.03 bits per heavy atom. The van der Waals surface area contributed by atoms with Crippen molar-refractivity contribution >= 4 is 17.5 Å². The van der Waals surface area contributed by atoms with Crippen molar-refractivity contribution in [1.82, 2.24) is 20.1 Å². The molecule has 3 heterocycles. The normalized spacial score (nSPS) is 18.0. The lowest BCUT2D eigenvalue weighted by Crippen LogP contribution is -2.47. The monoisotopic (exact) mass is 399 g/mol. The molecular formula is C20H29N7O2. The first-order valence-electron chi connectivity index (χ1n) is 10.2. The first-order chi connectivity index (χ1) is 14.3. The summed E-state index contributed by atoms with van der Waals surface area (Å²) in [6.45, 7) is 8.89. The quantitative estimate of drug-likeness (QED) is 0.732. The van der Waals surface area contributed by atoms with E-state index >= 15 is 0 Å². The van der Waals surface area contributed by atoms with Gasteiger partial charge in [0, 0.05) is 52.4 Å². The summed E-state index contributed by atoms with van der Waals surface area (Å²) >= 11 is 0. The average molecular weight is 399 g/mol. The van der Waals surface area contributed by atoms with E-state index in [2.05, 4.69) is 41.3 Å².